The highest BCUT2D eigenvalue weighted by Gasteiger charge is 2.28. The molecule has 0 fully saturated rings. The largest absolute Gasteiger partial charge is 0.493 e. The van der Waals surface area contributed by atoms with Crippen LogP contribution in [0, 0.1) is 0 Å². The van der Waals surface area contributed by atoms with Crippen molar-refractivity contribution in [2.75, 3.05) is 6.61 Å². The highest BCUT2D eigenvalue weighted by atomic mass is 16.6. The molecule has 0 aliphatic carbocycles. The van der Waals surface area contributed by atoms with Crippen LogP contribution in [-0.2, 0) is 17.8 Å². The first kappa shape index (κ1) is 21.9. The maximum absolute atomic E-state index is 12.9. The van der Waals surface area contributed by atoms with E-state index >= 15 is 0 Å². The van der Waals surface area contributed by atoms with Gasteiger partial charge in [0.1, 0.15) is 6.61 Å². The van der Waals surface area contributed by atoms with E-state index in [1.807, 2.05) is 78.9 Å². The molecule has 36 heavy (non-hydrogen) atoms. The molecule has 0 spiro atoms. The summed E-state index contributed by atoms with van der Waals surface area (Å²) in [6.07, 6.45) is -0.180. The molecule has 1 aromatic heterocycles. The van der Waals surface area contributed by atoms with Crippen LogP contribution >= 0.6 is 0 Å². The van der Waals surface area contributed by atoms with E-state index in [0.29, 0.717) is 18.0 Å². The van der Waals surface area contributed by atoms with E-state index < -0.39 is 12.0 Å². The van der Waals surface area contributed by atoms with Crippen LogP contribution in [0.3, 0.4) is 0 Å². The number of nitrogens with zero attached hydrogens (tertiary/aromatic N) is 3. The molecule has 7 nitrogen and oxygen atoms in total. The third-order valence-electron chi connectivity index (χ3n) is 6.38. The number of benzene rings is 4. The Morgan fingerprint density at radius 3 is 2.42 bits per heavy atom. The second kappa shape index (κ2) is 9.19. The number of ether oxygens (including phenoxy) is 2. The number of fused-ring (bicyclic) bond motifs is 3. The number of amides is 1. The SMILES string of the molecule is O=C(N=Nc1c(O)n(CCc2ccccc2)c2ccccc12)C1COc2cc3ccccc3cc2O1. The lowest BCUT2D eigenvalue weighted by Crippen LogP contribution is -2.35. The van der Waals surface area contributed by atoms with Gasteiger partial charge in [-0.3, -0.25) is 4.79 Å². The maximum Gasteiger partial charge on any atom is 0.308 e. The van der Waals surface area contributed by atoms with Crippen LogP contribution in [0.4, 0.5) is 5.69 Å². The highest BCUT2D eigenvalue weighted by molar-refractivity contribution is 5.95. The Morgan fingerprint density at radius 1 is 0.917 bits per heavy atom. The van der Waals surface area contributed by atoms with E-state index in [1.54, 1.807) is 4.57 Å². The molecule has 1 N–H and O–H groups in total. The zero-order valence-electron chi connectivity index (χ0n) is 19.4. The fraction of sp³-hybridized carbons (Fsp3) is 0.138. The summed E-state index contributed by atoms with van der Waals surface area (Å²) in [6, 6.07) is 29.2. The monoisotopic (exact) mass is 477 g/mol. The van der Waals surface area contributed by atoms with Crippen LogP contribution < -0.4 is 9.47 Å². The number of carbonyl (C=O) groups excluding carboxylic acids is 1. The van der Waals surface area contributed by atoms with Gasteiger partial charge in [-0.15, -0.1) is 10.2 Å². The molecule has 1 aliphatic heterocycles. The van der Waals surface area contributed by atoms with Crippen molar-refractivity contribution >= 4 is 33.3 Å². The van der Waals surface area contributed by atoms with E-state index in [-0.39, 0.29) is 18.2 Å². The molecule has 1 aliphatic rings. The van der Waals surface area contributed by atoms with Crippen LogP contribution in [0.25, 0.3) is 21.7 Å². The molecule has 0 saturated heterocycles. The number of aromatic nitrogens is 1. The van der Waals surface area contributed by atoms with Gasteiger partial charge in [-0.2, -0.15) is 0 Å². The van der Waals surface area contributed by atoms with Crippen LogP contribution in [0.15, 0.2) is 101 Å². The third kappa shape index (κ3) is 4.05. The van der Waals surface area contributed by atoms with Crippen molar-refractivity contribution in [3.63, 3.8) is 0 Å². The molecular weight excluding hydrogens is 454 g/mol. The molecular formula is C29H23N3O4. The van der Waals surface area contributed by atoms with Crippen LogP contribution in [0.2, 0.25) is 0 Å². The Bertz CT molecular complexity index is 1610. The maximum atomic E-state index is 12.9. The van der Waals surface area contributed by atoms with Gasteiger partial charge < -0.3 is 19.1 Å². The first-order valence-corrected chi connectivity index (χ1v) is 11.8. The molecule has 6 rings (SSSR count). The molecule has 0 saturated carbocycles. The minimum atomic E-state index is -0.920. The van der Waals surface area contributed by atoms with Crippen molar-refractivity contribution in [3.05, 3.63) is 96.6 Å². The minimum Gasteiger partial charge on any atom is -0.493 e. The molecule has 0 bridgehead atoms. The lowest BCUT2D eigenvalue weighted by atomic mass is 10.1. The Kier molecular flexibility index (Phi) is 5.58. The van der Waals surface area contributed by atoms with Crippen molar-refractivity contribution < 1.29 is 19.4 Å². The van der Waals surface area contributed by atoms with Gasteiger partial charge in [0.05, 0.1) is 5.52 Å². The molecule has 4 aromatic carbocycles. The van der Waals surface area contributed by atoms with Gasteiger partial charge in [0, 0.05) is 11.9 Å². The predicted molar refractivity (Wildman–Crippen MR) is 137 cm³/mol. The molecule has 5 aromatic rings. The van der Waals surface area contributed by atoms with Crippen LogP contribution in [0.1, 0.15) is 5.56 Å². The van der Waals surface area contributed by atoms with Crippen molar-refractivity contribution in [2.24, 2.45) is 10.2 Å². The Morgan fingerprint density at radius 2 is 1.61 bits per heavy atom. The predicted octanol–water partition coefficient (Wildman–Crippen LogP) is 6.19. The molecule has 0 radical (unpaired) electrons. The average Bonchev–Trinajstić information content (AvgIpc) is 3.19. The molecule has 178 valence electrons. The minimum absolute atomic E-state index is 0.0266. The van der Waals surface area contributed by atoms with E-state index in [2.05, 4.69) is 22.4 Å². The Hall–Kier alpha value is -4.65. The topological polar surface area (TPSA) is 85.4 Å². The van der Waals surface area contributed by atoms with Crippen LogP contribution in [-0.4, -0.2) is 28.3 Å². The third-order valence-corrected chi connectivity index (χ3v) is 6.38. The summed E-state index contributed by atoms with van der Waals surface area (Å²) >= 11 is 0. The van der Waals surface area contributed by atoms with Crippen molar-refractivity contribution in [1.29, 1.82) is 0 Å². The summed E-state index contributed by atoms with van der Waals surface area (Å²) in [7, 11) is 0. The van der Waals surface area contributed by atoms with E-state index in [1.165, 1.54) is 0 Å². The summed E-state index contributed by atoms with van der Waals surface area (Å²) < 4.78 is 13.5. The van der Waals surface area contributed by atoms with Gasteiger partial charge >= 0.3 is 5.91 Å². The second-order valence-corrected chi connectivity index (χ2v) is 8.68. The number of aromatic hydroxyl groups is 1. The van der Waals surface area contributed by atoms with E-state index in [0.717, 1.165) is 33.7 Å². The number of aryl methyl sites for hydroxylation is 2. The number of hydrogen-bond acceptors (Lipinski definition) is 5. The van der Waals surface area contributed by atoms with Crippen molar-refractivity contribution in [3.8, 4) is 17.4 Å². The Labute approximate surface area is 207 Å². The molecule has 2 heterocycles. The smallest absolute Gasteiger partial charge is 0.308 e. The lowest BCUT2D eigenvalue weighted by Gasteiger charge is -2.24. The average molecular weight is 478 g/mol. The van der Waals surface area contributed by atoms with Gasteiger partial charge in [0.15, 0.2) is 17.2 Å². The van der Waals surface area contributed by atoms with E-state index in [9.17, 15) is 9.90 Å². The standard InChI is InChI=1S/C29H23N3O4/c33-28(26-18-35-24-16-20-10-4-5-11-21(20)17-25(24)36-26)31-30-27-22-12-6-7-13-23(22)32(29(27)34)15-14-19-8-2-1-3-9-19/h1-13,16-17,26,34H,14-15,18H2. The summed E-state index contributed by atoms with van der Waals surface area (Å²) in [6.45, 7) is 0.595. The molecule has 1 atom stereocenters. The number of azo groups is 1. The molecule has 1 unspecified atom stereocenters. The number of para-hydroxylation sites is 1. The number of rotatable bonds is 5. The second-order valence-electron chi connectivity index (χ2n) is 8.68. The van der Waals surface area contributed by atoms with Gasteiger partial charge in [0.25, 0.3) is 0 Å². The summed E-state index contributed by atoms with van der Waals surface area (Å²) in [4.78, 5) is 12.9. The summed E-state index contributed by atoms with van der Waals surface area (Å²) in [5.74, 6) is 0.485. The quantitative estimate of drug-likeness (QED) is 0.306. The van der Waals surface area contributed by atoms with Gasteiger partial charge in [0.2, 0.25) is 12.0 Å². The number of carbonyl (C=O) groups is 1. The first-order chi connectivity index (χ1) is 17.7. The summed E-state index contributed by atoms with van der Waals surface area (Å²) in [5, 5.41) is 21.8. The fourth-order valence-corrected chi connectivity index (χ4v) is 4.52. The molecule has 1 amide bonds. The first-order valence-electron chi connectivity index (χ1n) is 11.8. The van der Waals surface area contributed by atoms with Gasteiger partial charge in [-0.05, 0) is 41.0 Å². The lowest BCUT2D eigenvalue weighted by molar-refractivity contribution is -0.127. The fourth-order valence-electron chi connectivity index (χ4n) is 4.52. The normalized spacial score (nSPS) is 15.1. The van der Waals surface area contributed by atoms with Gasteiger partial charge in [-0.25, -0.2) is 0 Å². The number of hydrogen-bond donors (Lipinski definition) is 1. The van der Waals surface area contributed by atoms with Crippen molar-refractivity contribution in [1.82, 2.24) is 4.57 Å². The highest BCUT2D eigenvalue weighted by Crippen LogP contribution is 2.39. The Balaban J connectivity index is 1.24. The molecule has 7 heteroatoms. The van der Waals surface area contributed by atoms with Crippen molar-refractivity contribution in [2.45, 2.75) is 19.1 Å². The van der Waals surface area contributed by atoms with E-state index in [4.69, 9.17) is 9.47 Å². The van der Waals surface area contributed by atoms with Gasteiger partial charge in [-0.1, -0.05) is 72.8 Å². The van der Waals surface area contributed by atoms with Crippen LogP contribution in [0.5, 0.6) is 17.4 Å². The zero-order valence-corrected chi connectivity index (χ0v) is 19.4. The summed E-state index contributed by atoms with van der Waals surface area (Å²) in [5.41, 5.74) is 2.25. The zero-order chi connectivity index (χ0) is 24.5.